The number of H-pyrrole nitrogens is 1. The Morgan fingerprint density at radius 2 is 1.95 bits per heavy atom. The van der Waals surface area contributed by atoms with Crippen molar-refractivity contribution in [2.45, 2.75) is 57.0 Å². The van der Waals surface area contributed by atoms with Crippen LogP contribution in [0.5, 0.6) is 5.75 Å². The molecule has 0 aliphatic carbocycles. The van der Waals surface area contributed by atoms with Gasteiger partial charge in [-0.25, -0.2) is 9.59 Å². The van der Waals surface area contributed by atoms with Crippen molar-refractivity contribution < 1.29 is 37.0 Å². The maximum absolute atomic E-state index is 12.5. The predicted molar refractivity (Wildman–Crippen MR) is 133 cm³/mol. The molecule has 0 unspecified atom stereocenters. The molecule has 10 heteroatoms. The van der Waals surface area contributed by atoms with E-state index in [4.69, 9.17) is 9.47 Å². The number of aryl methyl sites for hydroxylation is 1. The molecule has 0 saturated carbocycles. The number of halogens is 3. The lowest BCUT2D eigenvalue weighted by Gasteiger charge is -2.45. The van der Waals surface area contributed by atoms with Gasteiger partial charge < -0.3 is 19.2 Å². The predicted octanol–water partition coefficient (Wildman–Crippen LogP) is 5.62. The van der Waals surface area contributed by atoms with Crippen molar-refractivity contribution in [3.63, 3.8) is 0 Å². The molecule has 1 aromatic heterocycles. The number of fused-ring (bicyclic) bond motifs is 1. The van der Waals surface area contributed by atoms with E-state index in [0.717, 1.165) is 72.2 Å². The fourth-order valence-corrected chi connectivity index (χ4v) is 5.74. The summed E-state index contributed by atoms with van der Waals surface area (Å²) in [5.41, 5.74) is 3.75. The number of nitrogens with one attached hydrogen (secondary N) is 1. The van der Waals surface area contributed by atoms with Gasteiger partial charge in [0.05, 0.1) is 18.3 Å². The van der Waals surface area contributed by atoms with Crippen LogP contribution in [0.15, 0.2) is 42.6 Å². The van der Waals surface area contributed by atoms with Crippen LogP contribution in [0.25, 0.3) is 10.9 Å². The number of aromatic amines is 1. The van der Waals surface area contributed by atoms with Crippen molar-refractivity contribution in [3.8, 4) is 5.75 Å². The average Bonchev–Trinajstić information content (AvgIpc) is 3.57. The Kier molecular flexibility index (Phi) is 6.96. The first-order valence-corrected chi connectivity index (χ1v) is 12.5. The number of carbonyl (C=O) groups excluding carboxylic acids is 2. The van der Waals surface area contributed by atoms with Gasteiger partial charge in [0.2, 0.25) is 0 Å². The topological polar surface area (TPSA) is 80.9 Å². The van der Waals surface area contributed by atoms with Gasteiger partial charge in [0.1, 0.15) is 5.75 Å². The Labute approximate surface area is 217 Å². The van der Waals surface area contributed by atoms with Crippen LogP contribution in [0, 0.1) is 6.92 Å². The minimum atomic E-state index is -5.24. The third-order valence-electron chi connectivity index (χ3n) is 7.69. The first-order valence-electron chi connectivity index (χ1n) is 12.5. The van der Waals surface area contributed by atoms with E-state index in [9.17, 15) is 22.8 Å². The molecule has 202 valence electrons. The van der Waals surface area contributed by atoms with Gasteiger partial charge in [-0.05, 0) is 68.0 Å². The third kappa shape index (κ3) is 5.02. The summed E-state index contributed by atoms with van der Waals surface area (Å²) in [5, 5.41) is 1.09. The highest BCUT2D eigenvalue weighted by Gasteiger charge is 2.44. The van der Waals surface area contributed by atoms with Crippen molar-refractivity contribution in [2.75, 3.05) is 20.3 Å². The van der Waals surface area contributed by atoms with Gasteiger partial charge in [0.25, 0.3) is 0 Å². The number of carbonyl (C=O) groups is 2. The molecular formula is C28H29F3N2O5. The van der Waals surface area contributed by atoms with Crippen LogP contribution in [-0.4, -0.2) is 53.9 Å². The molecule has 0 radical (unpaired) electrons. The second kappa shape index (κ2) is 10.1. The van der Waals surface area contributed by atoms with Gasteiger partial charge in [-0.15, -0.1) is 0 Å². The Morgan fingerprint density at radius 3 is 2.61 bits per heavy atom. The zero-order valence-corrected chi connectivity index (χ0v) is 21.2. The summed E-state index contributed by atoms with van der Waals surface area (Å²) in [7, 11) is 1.66. The van der Waals surface area contributed by atoms with Gasteiger partial charge in [-0.1, -0.05) is 12.1 Å². The number of nitrogens with zero attached hydrogens (tertiary/aromatic N) is 1. The van der Waals surface area contributed by atoms with Crippen molar-refractivity contribution in [1.82, 2.24) is 9.88 Å². The fourth-order valence-electron chi connectivity index (χ4n) is 5.74. The lowest BCUT2D eigenvalue weighted by Crippen LogP contribution is -2.45. The number of methoxy groups -OCH3 is 1. The Balaban J connectivity index is 1.44. The summed E-state index contributed by atoms with van der Waals surface area (Å²) >= 11 is 0. The van der Waals surface area contributed by atoms with E-state index < -0.39 is 18.1 Å². The van der Waals surface area contributed by atoms with Crippen LogP contribution in [0.4, 0.5) is 13.2 Å². The van der Waals surface area contributed by atoms with Gasteiger partial charge >= 0.3 is 18.1 Å². The first kappa shape index (κ1) is 26.2. The highest BCUT2D eigenvalue weighted by molar-refractivity contribution is 5.98. The van der Waals surface area contributed by atoms with E-state index in [1.807, 2.05) is 25.3 Å². The molecule has 3 heterocycles. The Hall–Kier alpha value is -3.37. The number of hydrogen-bond donors (Lipinski definition) is 1. The number of aromatic nitrogens is 1. The molecule has 2 aliphatic rings. The van der Waals surface area contributed by atoms with Gasteiger partial charge in [-0.3, -0.25) is 4.90 Å². The van der Waals surface area contributed by atoms with E-state index >= 15 is 0 Å². The zero-order chi connectivity index (χ0) is 27.1. The number of likely N-dealkylation sites (tertiary alicyclic amines) is 1. The summed E-state index contributed by atoms with van der Waals surface area (Å²) in [6, 6.07) is 10.2. The molecule has 7 nitrogen and oxygen atoms in total. The molecule has 5 rings (SSSR count). The molecule has 2 aliphatic heterocycles. The number of piperidine rings is 1. The molecule has 2 aromatic carbocycles. The van der Waals surface area contributed by atoms with E-state index in [1.165, 1.54) is 12.1 Å². The number of benzene rings is 2. The number of rotatable bonds is 5. The largest absolute Gasteiger partial charge is 0.496 e. The number of hydrogen-bond acceptors (Lipinski definition) is 6. The minimum absolute atomic E-state index is 0.0660. The van der Waals surface area contributed by atoms with Crippen molar-refractivity contribution in [2.24, 2.45) is 0 Å². The van der Waals surface area contributed by atoms with E-state index in [-0.39, 0.29) is 17.2 Å². The number of alkyl halides is 3. The Bertz CT molecular complexity index is 1340. The van der Waals surface area contributed by atoms with E-state index in [2.05, 4.69) is 14.6 Å². The molecule has 1 N–H and O–H groups in total. The summed E-state index contributed by atoms with van der Waals surface area (Å²) in [6.07, 6.45) is 0.274. The van der Waals surface area contributed by atoms with E-state index in [0.29, 0.717) is 6.54 Å². The van der Waals surface area contributed by atoms with Crippen LogP contribution >= 0.6 is 0 Å². The zero-order valence-electron chi connectivity index (χ0n) is 21.2. The van der Waals surface area contributed by atoms with Gasteiger partial charge in [0.15, 0.2) is 0 Å². The average molecular weight is 531 g/mol. The van der Waals surface area contributed by atoms with Crippen LogP contribution in [0.1, 0.15) is 58.8 Å². The summed E-state index contributed by atoms with van der Waals surface area (Å²) in [5.74, 6) is -3.07. The molecule has 38 heavy (non-hydrogen) atoms. The number of ether oxygens (including phenoxy) is 3. The third-order valence-corrected chi connectivity index (χ3v) is 7.69. The van der Waals surface area contributed by atoms with Crippen LogP contribution < -0.4 is 4.74 Å². The maximum Gasteiger partial charge on any atom is 0.491 e. The van der Waals surface area contributed by atoms with Crippen molar-refractivity contribution in [1.29, 1.82) is 0 Å². The quantitative estimate of drug-likeness (QED) is 0.341. The van der Waals surface area contributed by atoms with Crippen LogP contribution in [0.2, 0.25) is 0 Å². The molecule has 2 atom stereocenters. The molecule has 1 spiro atoms. The van der Waals surface area contributed by atoms with E-state index in [1.54, 1.807) is 19.2 Å². The first-order chi connectivity index (χ1) is 18.1. The van der Waals surface area contributed by atoms with Gasteiger partial charge in [-0.2, -0.15) is 13.2 Å². The lowest BCUT2D eigenvalue weighted by molar-refractivity contribution is -0.193. The minimum Gasteiger partial charge on any atom is -0.496 e. The molecule has 2 saturated heterocycles. The SMILES string of the molecule is COc1cc(C)c2[nH]ccc2c1CN1CC[C@]2(CCCO2)C[C@H]1c1ccc(C(=O)OC(=O)C(F)(F)F)cc1. The highest BCUT2D eigenvalue weighted by Crippen LogP contribution is 2.45. The normalized spacial score (nSPS) is 22.2. The molecule has 2 fully saturated rings. The van der Waals surface area contributed by atoms with Crippen molar-refractivity contribution in [3.05, 3.63) is 64.8 Å². The van der Waals surface area contributed by atoms with Crippen LogP contribution in [0.3, 0.4) is 0 Å². The molecule has 0 bridgehead atoms. The highest BCUT2D eigenvalue weighted by atomic mass is 19.4. The molecular weight excluding hydrogens is 501 g/mol. The second-order valence-corrected chi connectivity index (χ2v) is 10.0. The summed E-state index contributed by atoms with van der Waals surface area (Å²) in [6.45, 7) is 4.14. The molecule has 0 amide bonds. The summed E-state index contributed by atoms with van der Waals surface area (Å²) < 4.78 is 53.4. The van der Waals surface area contributed by atoms with Gasteiger partial charge in [0, 0.05) is 48.4 Å². The lowest BCUT2D eigenvalue weighted by atomic mass is 9.81. The second-order valence-electron chi connectivity index (χ2n) is 10.0. The standard InChI is InChI=1S/C28H29F3N2O5/c1-17-14-23(36-2)21(20-8-11-32-24(17)20)16-33-12-10-27(9-3-13-37-27)15-22(33)18-4-6-19(7-5-18)25(34)38-26(35)28(29,30)31/h4-8,11,14,22,32H,3,9-10,12-13,15-16H2,1-2H3/t22-,27+/m0/s1. The monoisotopic (exact) mass is 530 g/mol. The Morgan fingerprint density at radius 1 is 1.18 bits per heavy atom. The van der Waals surface area contributed by atoms with Crippen molar-refractivity contribution >= 4 is 22.8 Å². The molecule has 3 aromatic rings. The maximum atomic E-state index is 12.5. The smallest absolute Gasteiger partial charge is 0.491 e. The van der Waals surface area contributed by atoms with Crippen LogP contribution in [-0.2, 0) is 20.8 Å². The fraction of sp³-hybridized carbons (Fsp3) is 0.429. The summed E-state index contributed by atoms with van der Waals surface area (Å²) in [4.78, 5) is 28.8. The number of esters is 2.